The monoisotopic (exact) mass is 300 g/mol. The van der Waals surface area contributed by atoms with Gasteiger partial charge in [-0.1, -0.05) is 23.2 Å². The normalized spacial score (nSPS) is 10.4. The fourth-order valence-corrected chi connectivity index (χ4v) is 2.68. The van der Waals surface area contributed by atoms with Crippen LogP contribution in [0.3, 0.4) is 0 Å². The van der Waals surface area contributed by atoms with Gasteiger partial charge in [-0.15, -0.1) is 11.3 Å². The van der Waals surface area contributed by atoms with Gasteiger partial charge in [0.2, 0.25) is 0 Å². The van der Waals surface area contributed by atoms with E-state index >= 15 is 0 Å². The van der Waals surface area contributed by atoms with Gasteiger partial charge in [0, 0.05) is 5.69 Å². The summed E-state index contributed by atoms with van der Waals surface area (Å²) in [5, 5.41) is 5.51. The molecule has 0 aliphatic rings. The van der Waals surface area contributed by atoms with Crippen molar-refractivity contribution in [2.45, 2.75) is 6.92 Å². The van der Waals surface area contributed by atoms with E-state index in [9.17, 15) is 4.79 Å². The largest absolute Gasteiger partial charge is 0.397 e. The van der Waals surface area contributed by atoms with Crippen molar-refractivity contribution in [3.05, 3.63) is 44.1 Å². The topological polar surface area (TPSA) is 55.1 Å². The van der Waals surface area contributed by atoms with Crippen LogP contribution < -0.4 is 11.1 Å². The minimum absolute atomic E-state index is 0.250. The van der Waals surface area contributed by atoms with Crippen LogP contribution in [-0.4, -0.2) is 5.91 Å². The lowest BCUT2D eigenvalue weighted by Gasteiger charge is -2.06. The van der Waals surface area contributed by atoms with Crippen molar-refractivity contribution in [1.29, 1.82) is 0 Å². The summed E-state index contributed by atoms with van der Waals surface area (Å²) in [4.78, 5) is 12.5. The number of carbonyl (C=O) groups is 1. The SMILES string of the molecule is Cc1csc(C(=O)Nc2ccc(Cl)c(N)c2)c1Cl. The van der Waals surface area contributed by atoms with E-state index in [1.165, 1.54) is 11.3 Å². The summed E-state index contributed by atoms with van der Waals surface area (Å²) in [6.45, 7) is 1.86. The number of nitrogen functional groups attached to an aromatic ring is 1. The Hall–Kier alpha value is -1.23. The lowest BCUT2D eigenvalue weighted by atomic mass is 10.2. The van der Waals surface area contributed by atoms with Gasteiger partial charge in [-0.05, 0) is 36.1 Å². The minimum atomic E-state index is -0.250. The number of nitrogens with two attached hydrogens (primary N) is 1. The first-order valence-electron chi connectivity index (χ1n) is 5.09. The third kappa shape index (κ3) is 2.61. The molecule has 1 aromatic heterocycles. The molecule has 0 saturated heterocycles. The highest BCUT2D eigenvalue weighted by Gasteiger charge is 2.14. The van der Waals surface area contributed by atoms with Crippen molar-refractivity contribution >= 4 is 51.8 Å². The smallest absolute Gasteiger partial charge is 0.267 e. The van der Waals surface area contributed by atoms with Crippen LogP contribution in [0.25, 0.3) is 0 Å². The molecule has 0 bridgehead atoms. The van der Waals surface area contributed by atoms with E-state index < -0.39 is 0 Å². The molecule has 0 atom stereocenters. The van der Waals surface area contributed by atoms with Crippen LogP contribution in [0, 0.1) is 6.92 Å². The zero-order chi connectivity index (χ0) is 13.3. The summed E-state index contributed by atoms with van der Waals surface area (Å²) in [5.41, 5.74) is 7.56. The van der Waals surface area contributed by atoms with Crippen molar-refractivity contribution in [2.24, 2.45) is 0 Å². The van der Waals surface area contributed by atoms with Crippen LogP contribution in [0.5, 0.6) is 0 Å². The molecule has 0 spiro atoms. The molecular weight excluding hydrogens is 291 g/mol. The first-order chi connectivity index (χ1) is 8.49. The van der Waals surface area contributed by atoms with Gasteiger partial charge < -0.3 is 11.1 Å². The third-order valence-electron chi connectivity index (χ3n) is 2.36. The molecule has 0 unspecified atom stereocenters. The quantitative estimate of drug-likeness (QED) is 0.817. The molecule has 3 N–H and O–H groups in total. The molecule has 6 heteroatoms. The number of rotatable bonds is 2. The molecular formula is C12H10Cl2N2OS. The molecule has 0 aliphatic carbocycles. The van der Waals surface area contributed by atoms with E-state index in [-0.39, 0.29) is 5.91 Å². The first-order valence-corrected chi connectivity index (χ1v) is 6.72. The number of halogens is 2. The van der Waals surface area contributed by atoms with Crippen molar-refractivity contribution in [1.82, 2.24) is 0 Å². The first kappa shape index (κ1) is 13.2. The number of aryl methyl sites for hydroxylation is 1. The maximum atomic E-state index is 12.0. The summed E-state index contributed by atoms with van der Waals surface area (Å²) in [6, 6.07) is 4.92. The Bertz CT molecular complexity index is 610. The van der Waals surface area contributed by atoms with Crippen LogP contribution in [0.1, 0.15) is 15.2 Å². The number of amides is 1. The molecule has 2 aromatic rings. The lowest BCUT2D eigenvalue weighted by Crippen LogP contribution is -2.10. The molecule has 94 valence electrons. The van der Waals surface area contributed by atoms with E-state index in [0.29, 0.717) is 26.3 Å². The third-order valence-corrected chi connectivity index (χ3v) is 4.40. The number of thiophene rings is 1. The average molecular weight is 301 g/mol. The highest BCUT2D eigenvalue weighted by atomic mass is 35.5. The minimum Gasteiger partial charge on any atom is -0.397 e. The Morgan fingerprint density at radius 1 is 1.39 bits per heavy atom. The summed E-state index contributed by atoms with van der Waals surface area (Å²) < 4.78 is 0. The predicted octanol–water partition coefficient (Wildman–Crippen LogP) is 4.20. The van der Waals surface area contributed by atoms with Crippen LogP contribution >= 0.6 is 34.5 Å². The zero-order valence-electron chi connectivity index (χ0n) is 9.46. The molecule has 2 rings (SSSR count). The highest BCUT2D eigenvalue weighted by Crippen LogP contribution is 2.28. The molecule has 1 aromatic carbocycles. The van der Waals surface area contributed by atoms with E-state index in [2.05, 4.69) is 5.32 Å². The molecule has 0 saturated carbocycles. The summed E-state index contributed by atoms with van der Waals surface area (Å²) in [5.74, 6) is -0.250. The van der Waals surface area contributed by atoms with Crippen molar-refractivity contribution < 1.29 is 4.79 Å². The lowest BCUT2D eigenvalue weighted by molar-refractivity contribution is 0.103. The second kappa shape index (κ2) is 5.18. The Morgan fingerprint density at radius 3 is 2.67 bits per heavy atom. The van der Waals surface area contributed by atoms with Crippen LogP contribution in [0.2, 0.25) is 10.0 Å². The number of nitrogens with one attached hydrogen (secondary N) is 1. The second-order valence-electron chi connectivity index (χ2n) is 3.75. The van der Waals surface area contributed by atoms with Gasteiger partial charge in [-0.25, -0.2) is 0 Å². The van der Waals surface area contributed by atoms with E-state index in [1.54, 1.807) is 18.2 Å². The van der Waals surface area contributed by atoms with Gasteiger partial charge in [0.15, 0.2) is 0 Å². The number of benzene rings is 1. The van der Waals surface area contributed by atoms with Crippen LogP contribution in [-0.2, 0) is 0 Å². The predicted molar refractivity (Wildman–Crippen MR) is 77.9 cm³/mol. The Balaban J connectivity index is 2.21. The molecule has 0 fully saturated rings. The number of hydrogen-bond acceptors (Lipinski definition) is 3. The Labute approximate surface area is 119 Å². The number of carbonyl (C=O) groups excluding carboxylic acids is 1. The molecule has 3 nitrogen and oxygen atoms in total. The fraction of sp³-hybridized carbons (Fsp3) is 0.0833. The van der Waals surface area contributed by atoms with Crippen molar-refractivity contribution in [3.8, 4) is 0 Å². The van der Waals surface area contributed by atoms with Crippen molar-refractivity contribution in [3.63, 3.8) is 0 Å². The zero-order valence-corrected chi connectivity index (χ0v) is 11.8. The summed E-state index contributed by atoms with van der Waals surface area (Å²) in [6.07, 6.45) is 0. The average Bonchev–Trinajstić information content (AvgIpc) is 2.65. The van der Waals surface area contributed by atoms with E-state index in [0.717, 1.165) is 5.56 Å². The summed E-state index contributed by atoms with van der Waals surface area (Å²) in [7, 11) is 0. The molecule has 1 heterocycles. The molecule has 0 aliphatic heterocycles. The standard InChI is InChI=1S/C12H10Cl2N2OS/c1-6-5-18-11(10(6)14)12(17)16-7-2-3-8(13)9(15)4-7/h2-5H,15H2,1H3,(H,16,17). The Morgan fingerprint density at radius 2 is 2.11 bits per heavy atom. The van der Waals surface area contributed by atoms with Gasteiger partial charge >= 0.3 is 0 Å². The van der Waals surface area contributed by atoms with Crippen LogP contribution in [0.4, 0.5) is 11.4 Å². The maximum absolute atomic E-state index is 12.0. The fourth-order valence-electron chi connectivity index (χ4n) is 1.39. The van der Waals surface area contributed by atoms with Gasteiger partial charge in [0.1, 0.15) is 4.88 Å². The van der Waals surface area contributed by atoms with E-state index in [1.807, 2.05) is 12.3 Å². The van der Waals surface area contributed by atoms with Crippen LogP contribution in [0.15, 0.2) is 23.6 Å². The molecule has 0 radical (unpaired) electrons. The number of hydrogen-bond donors (Lipinski definition) is 2. The van der Waals surface area contributed by atoms with Gasteiger partial charge in [0.25, 0.3) is 5.91 Å². The van der Waals surface area contributed by atoms with Crippen molar-refractivity contribution in [2.75, 3.05) is 11.1 Å². The van der Waals surface area contributed by atoms with E-state index in [4.69, 9.17) is 28.9 Å². The Kier molecular flexibility index (Phi) is 3.80. The summed E-state index contributed by atoms with van der Waals surface area (Å²) >= 11 is 13.1. The second-order valence-corrected chi connectivity index (χ2v) is 5.42. The highest BCUT2D eigenvalue weighted by molar-refractivity contribution is 7.13. The van der Waals surface area contributed by atoms with Gasteiger partial charge in [-0.2, -0.15) is 0 Å². The van der Waals surface area contributed by atoms with Gasteiger partial charge in [0.05, 0.1) is 15.7 Å². The number of anilines is 2. The molecule has 18 heavy (non-hydrogen) atoms. The van der Waals surface area contributed by atoms with Gasteiger partial charge in [-0.3, -0.25) is 4.79 Å². The molecule has 1 amide bonds. The maximum Gasteiger partial charge on any atom is 0.267 e.